The molecule has 4 N–H and O–H groups in total. The summed E-state index contributed by atoms with van der Waals surface area (Å²) < 4.78 is 33.9. The molecule has 196 valence electrons. The van der Waals surface area contributed by atoms with Gasteiger partial charge in [-0.15, -0.1) is 0 Å². The molecular weight excluding hydrogens is 492 g/mol. The Labute approximate surface area is 217 Å². The maximum Gasteiger partial charge on any atom is 0.252 e. The van der Waals surface area contributed by atoms with Crippen LogP contribution in [0.15, 0.2) is 70.2 Å². The molecule has 1 aliphatic heterocycles. The van der Waals surface area contributed by atoms with Gasteiger partial charge < -0.3 is 20.4 Å². The Morgan fingerprint density at radius 1 is 1.11 bits per heavy atom. The quantitative estimate of drug-likeness (QED) is 0.338. The molecule has 0 bridgehead atoms. The van der Waals surface area contributed by atoms with Crippen LogP contribution in [0.2, 0.25) is 0 Å². The summed E-state index contributed by atoms with van der Waals surface area (Å²) in [4.78, 5) is 25.4. The minimum Gasteiger partial charge on any atom is -0.464 e. The molecule has 37 heavy (non-hydrogen) atoms. The Morgan fingerprint density at radius 3 is 2.59 bits per heavy atom. The fraction of sp³-hybridized carbons (Fsp3) is 0.333. The van der Waals surface area contributed by atoms with Crippen LogP contribution in [-0.2, 0) is 21.4 Å². The molecule has 3 aromatic rings. The molecule has 0 saturated carbocycles. The summed E-state index contributed by atoms with van der Waals surface area (Å²) >= 11 is 0. The molecule has 1 aliphatic rings. The third-order valence-electron chi connectivity index (χ3n) is 5.97. The maximum atomic E-state index is 13.1. The number of carbonyl (C=O) groups excluding carboxylic acids is 2. The first-order chi connectivity index (χ1) is 17.7. The summed E-state index contributed by atoms with van der Waals surface area (Å²) in [5.41, 5.74) is 2.53. The van der Waals surface area contributed by atoms with E-state index in [1.54, 1.807) is 26.2 Å². The van der Waals surface area contributed by atoms with E-state index < -0.39 is 22.0 Å². The van der Waals surface area contributed by atoms with E-state index in [9.17, 15) is 18.0 Å². The number of benzene rings is 2. The highest BCUT2D eigenvalue weighted by atomic mass is 32.2. The van der Waals surface area contributed by atoms with Gasteiger partial charge in [-0.3, -0.25) is 9.59 Å². The molecular formula is C27H32N4O5S. The van der Waals surface area contributed by atoms with E-state index in [4.69, 9.17) is 4.42 Å². The molecule has 10 heteroatoms. The SMILES string of the molecule is CC(C)NS(=O)(=O)c1cc(NCc2ccc(-c3ccco3)cc2)cc(C(=O)N[C@H]2CCCCNC2=O)c1. The molecule has 4 rings (SSSR count). The van der Waals surface area contributed by atoms with Gasteiger partial charge in [0.2, 0.25) is 15.9 Å². The number of hydrogen-bond acceptors (Lipinski definition) is 6. The number of carbonyl (C=O) groups is 2. The van der Waals surface area contributed by atoms with Crippen LogP contribution in [0.4, 0.5) is 5.69 Å². The normalized spacial score (nSPS) is 16.2. The standard InChI is InChI=1S/C27H32N4O5S/c1-18(2)31-37(34,35)23-15-21(26(32)30-24-6-3-4-12-28-27(24)33)14-22(16-23)29-17-19-8-10-20(11-9-19)25-7-5-13-36-25/h5,7-11,13-16,18,24,29,31H,3-4,6,12,17H2,1-2H3,(H,28,33)(H,30,32)/t24-/m0/s1. The van der Waals surface area contributed by atoms with Gasteiger partial charge >= 0.3 is 0 Å². The third-order valence-corrected chi connectivity index (χ3v) is 7.60. The lowest BCUT2D eigenvalue weighted by molar-refractivity contribution is -0.122. The fourth-order valence-corrected chi connectivity index (χ4v) is 5.44. The molecule has 0 aliphatic carbocycles. The largest absolute Gasteiger partial charge is 0.464 e. The first-order valence-electron chi connectivity index (χ1n) is 12.3. The minimum absolute atomic E-state index is 0.0326. The minimum atomic E-state index is -3.86. The van der Waals surface area contributed by atoms with E-state index in [1.165, 1.54) is 12.1 Å². The summed E-state index contributed by atoms with van der Waals surface area (Å²) in [6, 6.07) is 14.9. The molecule has 0 spiro atoms. The average Bonchev–Trinajstić information content (AvgIpc) is 3.33. The Balaban J connectivity index is 1.56. The number of sulfonamides is 1. The van der Waals surface area contributed by atoms with Crippen molar-refractivity contribution in [3.05, 3.63) is 72.0 Å². The molecule has 2 aromatic carbocycles. The lowest BCUT2D eigenvalue weighted by atomic mass is 10.1. The van der Waals surface area contributed by atoms with Crippen LogP contribution in [-0.4, -0.2) is 38.9 Å². The summed E-state index contributed by atoms with van der Waals surface area (Å²) in [6.07, 6.45) is 3.81. The second-order valence-electron chi connectivity index (χ2n) is 9.36. The van der Waals surface area contributed by atoms with Gasteiger partial charge in [-0.25, -0.2) is 13.1 Å². The van der Waals surface area contributed by atoms with Gasteiger partial charge in [0.15, 0.2) is 0 Å². The molecule has 1 aromatic heterocycles. The van der Waals surface area contributed by atoms with Crippen LogP contribution < -0.4 is 20.7 Å². The van der Waals surface area contributed by atoms with Gasteiger partial charge in [0, 0.05) is 35.9 Å². The van der Waals surface area contributed by atoms with Crippen molar-refractivity contribution in [2.24, 2.45) is 0 Å². The monoisotopic (exact) mass is 524 g/mol. The second-order valence-corrected chi connectivity index (χ2v) is 11.1. The van der Waals surface area contributed by atoms with E-state index in [2.05, 4.69) is 20.7 Å². The van der Waals surface area contributed by atoms with Crippen molar-refractivity contribution in [3.63, 3.8) is 0 Å². The van der Waals surface area contributed by atoms with Gasteiger partial charge in [-0.2, -0.15) is 0 Å². The zero-order chi connectivity index (χ0) is 26.4. The molecule has 1 saturated heterocycles. The van der Waals surface area contributed by atoms with E-state index in [0.717, 1.165) is 29.7 Å². The van der Waals surface area contributed by atoms with E-state index >= 15 is 0 Å². The Kier molecular flexibility index (Phi) is 8.30. The highest BCUT2D eigenvalue weighted by Gasteiger charge is 2.25. The van der Waals surface area contributed by atoms with Crippen molar-refractivity contribution in [2.75, 3.05) is 11.9 Å². The van der Waals surface area contributed by atoms with Gasteiger partial charge in [-0.05, 0) is 69.0 Å². The number of anilines is 1. The summed E-state index contributed by atoms with van der Waals surface area (Å²) in [6.45, 7) is 4.44. The van der Waals surface area contributed by atoms with Gasteiger partial charge in [-0.1, -0.05) is 24.3 Å². The number of rotatable bonds is 9. The van der Waals surface area contributed by atoms with Gasteiger partial charge in [0.25, 0.3) is 5.91 Å². The van der Waals surface area contributed by atoms with Gasteiger partial charge in [0.05, 0.1) is 11.2 Å². The topological polar surface area (TPSA) is 130 Å². The highest BCUT2D eigenvalue weighted by Crippen LogP contribution is 2.23. The van der Waals surface area contributed by atoms with Crippen molar-refractivity contribution in [3.8, 4) is 11.3 Å². The lowest BCUT2D eigenvalue weighted by Crippen LogP contribution is -2.45. The number of amides is 2. The third kappa shape index (κ3) is 6.99. The number of furan rings is 1. The summed E-state index contributed by atoms with van der Waals surface area (Å²) in [5, 5.41) is 8.78. The van der Waals surface area contributed by atoms with Crippen LogP contribution in [0.5, 0.6) is 0 Å². The van der Waals surface area contributed by atoms with Crippen LogP contribution in [0, 0.1) is 0 Å². The van der Waals surface area contributed by atoms with Crippen LogP contribution >= 0.6 is 0 Å². The lowest BCUT2D eigenvalue weighted by Gasteiger charge is -2.17. The van der Waals surface area contributed by atoms with Crippen molar-refractivity contribution in [2.45, 2.75) is 56.6 Å². The molecule has 2 heterocycles. The number of nitrogens with one attached hydrogen (secondary N) is 4. The summed E-state index contributed by atoms with van der Waals surface area (Å²) in [7, 11) is -3.86. The summed E-state index contributed by atoms with van der Waals surface area (Å²) in [5.74, 6) is 0.0371. The smallest absolute Gasteiger partial charge is 0.252 e. The van der Waals surface area contributed by atoms with Crippen LogP contribution in [0.1, 0.15) is 49.0 Å². The van der Waals surface area contributed by atoms with Crippen LogP contribution in [0.25, 0.3) is 11.3 Å². The van der Waals surface area contributed by atoms with Crippen molar-refractivity contribution in [1.82, 2.24) is 15.4 Å². The van der Waals surface area contributed by atoms with E-state index in [1.807, 2.05) is 36.4 Å². The second kappa shape index (κ2) is 11.6. The predicted molar refractivity (Wildman–Crippen MR) is 141 cm³/mol. The maximum absolute atomic E-state index is 13.1. The molecule has 1 atom stereocenters. The fourth-order valence-electron chi connectivity index (χ4n) is 4.12. The van der Waals surface area contributed by atoms with Crippen molar-refractivity contribution in [1.29, 1.82) is 0 Å². The van der Waals surface area contributed by atoms with E-state index in [0.29, 0.717) is 25.2 Å². The first kappa shape index (κ1) is 26.4. The van der Waals surface area contributed by atoms with Crippen molar-refractivity contribution >= 4 is 27.5 Å². The molecule has 9 nitrogen and oxygen atoms in total. The zero-order valence-corrected chi connectivity index (χ0v) is 21.7. The van der Waals surface area contributed by atoms with Crippen molar-refractivity contribution < 1.29 is 22.4 Å². The van der Waals surface area contributed by atoms with Crippen LogP contribution in [0.3, 0.4) is 0 Å². The number of hydrogen-bond donors (Lipinski definition) is 4. The predicted octanol–water partition coefficient (Wildman–Crippen LogP) is 3.64. The first-order valence-corrected chi connectivity index (χ1v) is 13.8. The Bertz CT molecular complexity index is 1340. The average molecular weight is 525 g/mol. The molecule has 2 amide bonds. The molecule has 1 fully saturated rings. The Hall–Kier alpha value is -3.63. The van der Waals surface area contributed by atoms with Gasteiger partial charge in [0.1, 0.15) is 11.8 Å². The van der Waals surface area contributed by atoms with E-state index in [-0.39, 0.29) is 22.4 Å². The Morgan fingerprint density at radius 2 is 1.89 bits per heavy atom. The zero-order valence-electron chi connectivity index (χ0n) is 20.9. The highest BCUT2D eigenvalue weighted by molar-refractivity contribution is 7.89. The molecule has 0 unspecified atom stereocenters. The molecule has 0 radical (unpaired) electrons.